The van der Waals surface area contributed by atoms with Crippen molar-refractivity contribution in [3.8, 4) is 0 Å². The zero-order valence-electron chi connectivity index (χ0n) is 9.90. The van der Waals surface area contributed by atoms with E-state index in [1.807, 2.05) is 0 Å². The minimum Gasteiger partial charge on any atom is -0.859 e. The van der Waals surface area contributed by atoms with Gasteiger partial charge in [0, 0.05) is 12.6 Å². The summed E-state index contributed by atoms with van der Waals surface area (Å²) in [6, 6.07) is 0. The fourth-order valence-corrected chi connectivity index (χ4v) is 0.867. The third kappa shape index (κ3) is 14.3. The number of carbonyl (C=O) groups is 1. The Morgan fingerprint density at radius 3 is 2.69 bits per heavy atom. The van der Waals surface area contributed by atoms with Crippen molar-refractivity contribution in [1.29, 1.82) is 0 Å². The average Bonchev–Trinajstić information content (AvgIpc) is 2.20. The smallest absolute Gasteiger partial charge is 0.859 e. The van der Waals surface area contributed by atoms with E-state index in [0.29, 0.717) is 13.1 Å². The zero-order chi connectivity index (χ0) is 11.5. The van der Waals surface area contributed by atoms with E-state index in [4.69, 9.17) is 5.11 Å². The maximum atomic E-state index is 10.9. The first-order chi connectivity index (χ1) is 7.16. The molecule has 0 saturated carbocycles. The minimum atomic E-state index is -1.14. The van der Waals surface area contributed by atoms with E-state index in [0.717, 1.165) is 31.5 Å². The molecule has 0 unspecified atom stereocenters. The van der Waals surface area contributed by atoms with Crippen LogP contribution in [-0.4, -0.2) is 36.6 Å². The first-order valence-electron chi connectivity index (χ1n) is 5.00. The summed E-state index contributed by atoms with van der Waals surface area (Å²) >= 11 is 0. The maximum absolute atomic E-state index is 10.9. The van der Waals surface area contributed by atoms with Crippen molar-refractivity contribution in [1.82, 2.24) is 5.32 Å². The van der Waals surface area contributed by atoms with Crippen LogP contribution in [0, 0.1) is 0 Å². The van der Waals surface area contributed by atoms with Gasteiger partial charge in [0.25, 0.3) is 0 Å². The zero-order valence-corrected chi connectivity index (χ0v) is 13.0. The van der Waals surface area contributed by atoms with Crippen molar-refractivity contribution in [3.63, 3.8) is 0 Å². The van der Waals surface area contributed by atoms with Gasteiger partial charge >= 0.3 is 57.4 Å². The van der Waals surface area contributed by atoms with E-state index >= 15 is 0 Å². The molecule has 0 saturated heterocycles. The van der Waals surface area contributed by atoms with Crippen LogP contribution in [0.25, 0.3) is 0 Å². The summed E-state index contributed by atoms with van der Waals surface area (Å²) in [7, 11) is 0. The molecule has 6 heteroatoms. The predicted molar refractivity (Wildman–Crippen MR) is 56.9 cm³/mol. The third-order valence-electron chi connectivity index (χ3n) is 1.63. The molecule has 0 bridgehead atoms. The van der Waals surface area contributed by atoms with Crippen molar-refractivity contribution < 1.29 is 66.4 Å². The normalized spacial score (nSPS) is 11.4. The van der Waals surface area contributed by atoms with Crippen LogP contribution in [0.4, 0.5) is 0 Å². The van der Waals surface area contributed by atoms with Crippen molar-refractivity contribution in [3.05, 3.63) is 12.2 Å². The second-order valence-corrected chi connectivity index (χ2v) is 3.00. The Bertz CT molecular complexity index is 242. The van der Waals surface area contributed by atoms with E-state index in [-0.39, 0.29) is 51.4 Å². The van der Waals surface area contributed by atoms with E-state index in [1.165, 1.54) is 0 Å². The number of unbranched alkanes of at least 4 members (excludes halogenated alkanes) is 1. The summed E-state index contributed by atoms with van der Waals surface area (Å²) in [5.74, 6) is -1.64. The van der Waals surface area contributed by atoms with Gasteiger partial charge in [-0.2, -0.15) is 0 Å². The molecule has 5 nitrogen and oxygen atoms in total. The number of carboxylic acids is 1. The van der Waals surface area contributed by atoms with Gasteiger partial charge in [-0.15, -0.1) is 0 Å². The number of hydrogen-bond acceptors (Lipinski definition) is 4. The molecule has 86 valence electrons. The molecule has 0 fully saturated rings. The summed E-state index contributed by atoms with van der Waals surface area (Å²) in [6.07, 6.45) is 3.97. The van der Waals surface area contributed by atoms with Gasteiger partial charge in [0.15, 0.2) is 0 Å². The van der Waals surface area contributed by atoms with Crippen molar-refractivity contribution in [2.75, 3.05) is 19.6 Å². The molecular formula is C10H17KN2O3. The van der Waals surface area contributed by atoms with E-state index in [2.05, 4.69) is 17.2 Å². The van der Waals surface area contributed by atoms with Crippen LogP contribution in [0.1, 0.15) is 19.8 Å². The Labute approximate surface area is 138 Å². The van der Waals surface area contributed by atoms with Gasteiger partial charge in [0.1, 0.15) is 0 Å². The van der Waals surface area contributed by atoms with Crippen LogP contribution in [-0.2, 0) is 4.79 Å². The van der Waals surface area contributed by atoms with Crippen molar-refractivity contribution in [2.24, 2.45) is 4.99 Å². The number of aliphatic carboxylic acids is 1. The Kier molecular flexibility index (Phi) is 15.5. The molecule has 0 aromatic rings. The number of aliphatic imine (C=N–C) groups is 1. The molecule has 0 aromatic carbocycles. The fraction of sp³-hybridized carbons (Fsp3) is 0.600. The number of hydrogen-bond donors (Lipinski definition) is 2. The van der Waals surface area contributed by atoms with Crippen LogP contribution in [0.3, 0.4) is 0 Å². The number of carboxylic acid groups (broad SMARTS) is 1. The SMILES string of the molecule is CCCCNCCN=C([O-])/C=C/C(=O)O.[K+]. The van der Waals surface area contributed by atoms with Crippen LogP contribution < -0.4 is 61.8 Å². The molecular weight excluding hydrogens is 235 g/mol. The Morgan fingerprint density at radius 2 is 2.12 bits per heavy atom. The van der Waals surface area contributed by atoms with Crippen LogP contribution in [0.15, 0.2) is 17.1 Å². The Balaban J connectivity index is 0. The Hall–Kier alpha value is 0.276. The van der Waals surface area contributed by atoms with Crippen LogP contribution in [0.2, 0.25) is 0 Å². The molecule has 0 aromatic heterocycles. The van der Waals surface area contributed by atoms with E-state index in [1.54, 1.807) is 0 Å². The molecule has 0 rings (SSSR count). The van der Waals surface area contributed by atoms with Crippen LogP contribution in [0.5, 0.6) is 0 Å². The van der Waals surface area contributed by atoms with Crippen molar-refractivity contribution in [2.45, 2.75) is 19.8 Å². The van der Waals surface area contributed by atoms with E-state index < -0.39 is 11.9 Å². The van der Waals surface area contributed by atoms with Gasteiger partial charge in [-0.05, 0) is 24.9 Å². The Morgan fingerprint density at radius 1 is 1.44 bits per heavy atom. The second kappa shape index (κ2) is 13.3. The first kappa shape index (κ1) is 18.6. The predicted octanol–water partition coefficient (Wildman–Crippen LogP) is -3.22. The topological polar surface area (TPSA) is 84.8 Å². The first-order valence-corrected chi connectivity index (χ1v) is 5.00. The number of nitrogens with one attached hydrogen (secondary N) is 1. The molecule has 16 heavy (non-hydrogen) atoms. The van der Waals surface area contributed by atoms with Gasteiger partial charge in [0.05, 0.1) is 6.54 Å². The maximum Gasteiger partial charge on any atom is 1.00 e. The quantitative estimate of drug-likeness (QED) is 0.156. The van der Waals surface area contributed by atoms with Gasteiger partial charge in [0.2, 0.25) is 0 Å². The van der Waals surface area contributed by atoms with Gasteiger partial charge < -0.3 is 15.5 Å². The molecule has 0 atom stereocenters. The third-order valence-corrected chi connectivity index (χ3v) is 1.63. The van der Waals surface area contributed by atoms with Gasteiger partial charge in [-0.3, -0.25) is 4.99 Å². The summed E-state index contributed by atoms with van der Waals surface area (Å²) in [5.41, 5.74) is 0. The van der Waals surface area contributed by atoms with Gasteiger partial charge in [-0.25, -0.2) is 4.79 Å². The fourth-order valence-electron chi connectivity index (χ4n) is 0.867. The average molecular weight is 252 g/mol. The molecule has 0 aliphatic rings. The monoisotopic (exact) mass is 252 g/mol. The second-order valence-electron chi connectivity index (χ2n) is 3.00. The summed E-state index contributed by atoms with van der Waals surface area (Å²) in [6.45, 7) is 4.05. The number of rotatable bonds is 8. The standard InChI is InChI=1S/C10H18N2O3.K/c1-2-3-6-11-7-8-12-9(13)4-5-10(14)15;/h4-5,11H,2-3,6-8H2,1H3,(H,12,13)(H,14,15);/q;+1/p-1/b5-4+;. The summed E-state index contributed by atoms with van der Waals surface area (Å²) in [5, 5.41) is 22.2. The van der Waals surface area contributed by atoms with Crippen molar-refractivity contribution >= 4 is 11.9 Å². The largest absolute Gasteiger partial charge is 1.00 e. The summed E-state index contributed by atoms with van der Waals surface area (Å²) < 4.78 is 0. The number of nitrogens with zero attached hydrogens (tertiary/aromatic N) is 1. The molecule has 0 aliphatic heterocycles. The molecule has 0 aliphatic carbocycles. The molecule has 0 spiro atoms. The molecule has 0 amide bonds. The molecule has 0 heterocycles. The van der Waals surface area contributed by atoms with Gasteiger partial charge in [-0.1, -0.05) is 13.3 Å². The van der Waals surface area contributed by atoms with E-state index in [9.17, 15) is 9.90 Å². The minimum absolute atomic E-state index is 0. The van der Waals surface area contributed by atoms with Crippen LogP contribution >= 0.6 is 0 Å². The summed E-state index contributed by atoms with van der Waals surface area (Å²) in [4.78, 5) is 13.7. The molecule has 0 radical (unpaired) electrons. The molecule has 2 N–H and O–H groups in total.